The van der Waals surface area contributed by atoms with Crippen molar-refractivity contribution in [2.24, 2.45) is 4.99 Å². The van der Waals surface area contributed by atoms with E-state index >= 15 is 0 Å². The van der Waals surface area contributed by atoms with Gasteiger partial charge in [0.05, 0.1) is 12.4 Å². The summed E-state index contributed by atoms with van der Waals surface area (Å²) in [7, 11) is 1.59. The van der Waals surface area contributed by atoms with Crippen LogP contribution in [0.15, 0.2) is 35.0 Å². The molecule has 6 nitrogen and oxygen atoms in total. The molecule has 0 saturated heterocycles. The largest absolute Gasteiger partial charge is 0.507 e. The molecule has 1 aliphatic rings. The zero-order valence-corrected chi connectivity index (χ0v) is 13.1. The number of amidine groups is 1. The maximum absolute atomic E-state index is 12.1. The second-order valence-corrected chi connectivity index (χ2v) is 5.38. The summed E-state index contributed by atoms with van der Waals surface area (Å²) < 4.78 is 4.84. The Balaban J connectivity index is 2.15. The van der Waals surface area contributed by atoms with Gasteiger partial charge in [-0.25, -0.2) is 4.99 Å². The molecule has 0 radical (unpaired) electrons. The third kappa shape index (κ3) is 3.67. The SMILES string of the molecule is CCOC(=O)CSC1=N/C(=C/c2ccccc2O)C(=O)N1C. The summed E-state index contributed by atoms with van der Waals surface area (Å²) in [4.78, 5) is 29.1. The van der Waals surface area contributed by atoms with Crippen LogP contribution in [-0.4, -0.2) is 46.5 Å². The van der Waals surface area contributed by atoms with Crippen molar-refractivity contribution < 1.29 is 19.4 Å². The normalized spacial score (nSPS) is 16.1. The number of esters is 1. The Morgan fingerprint density at radius 2 is 2.18 bits per heavy atom. The van der Waals surface area contributed by atoms with Gasteiger partial charge < -0.3 is 9.84 Å². The molecular weight excluding hydrogens is 304 g/mol. The van der Waals surface area contributed by atoms with E-state index in [1.165, 1.54) is 17.0 Å². The molecule has 0 fully saturated rings. The molecule has 0 bridgehead atoms. The number of benzene rings is 1. The Kier molecular flexibility index (Phi) is 5.21. The molecule has 0 spiro atoms. The first-order valence-corrected chi connectivity index (χ1v) is 7.66. The Morgan fingerprint density at radius 1 is 1.45 bits per heavy atom. The molecule has 0 unspecified atom stereocenters. The molecule has 7 heteroatoms. The van der Waals surface area contributed by atoms with Gasteiger partial charge in [0.1, 0.15) is 11.4 Å². The monoisotopic (exact) mass is 320 g/mol. The second-order valence-electron chi connectivity index (χ2n) is 4.44. The van der Waals surface area contributed by atoms with E-state index in [9.17, 15) is 14.7 Å². The zero-order chi connectivity index (χ0) is 16.1. The number of hydrogen-bond donors (Lipinski definition) is 1. The molecule has 0 saturated carbocycles. The topological polar surface area (TPSA) is 79.2 Å². The number of rotatable bonds is 4. The number of aromatic hydroxyl groups is 1. The van der Waals surface area contributed by atoms with Gasteiger partial charge in [0.25, 0.3) is 5.91 Å². The predicted molar refractivity (Wildman–Crippen MR) is 85.4 cm³/mol. The van der Waals surface area contributed by atoms with E-state index in [1.54, 1.807) is 32.2 Å². The predicted octanol–water partition coefficient (Wildman–Crippen LogP) is 1.86. The highest BCUT2D eigenvalue weighted by Crippen LogP contribution is 2.25. The van der Waals surface area contributed by atoms with Crippen molar-refractivity contribution in [3.05, 3.63) is 35.5 Å². The van der Waals surface area contributed by atoms with Crippen molar-refractivity contribution >= 4 is 34.9 Å². The van der Waals surface area contributed by atoms with Crippen molar-refractivity contribution in [3.8, 4) is 5.75 Å². The van der Waals surface area contributed by atoms with Crippen LogP contribution < -0.4 is 0 Å². The number of phenols is 1. The van der Waals surface area contributed by atoms with Gasteiger partial charge >= 0.3 is 5.97 Å². The van der Waals surface area contributed by atoms with Crippen molar-refractivity contribution in [2.45, 2.75) is 6.92 Å². The van der Waals surface area contributed by atoms with Crippen LogP contribution in [0.4, 0.5) is 0 Å². The van der Waals surface area contributed by atoms with Crippen LogP contribution >= 0.6 is 11.8 Å². The summed E-state index contributed by atoms with van der Waals surface area (Å²) in [5.41, 5.74) is 0.731. The van der Waals surface area contributed by atoms with Gasteiger partial charge in [-0.3, -0.25) is 14.5 Å². The van der Waals surface area contributed by atoms with E-state index < -0.39 is 0 Å². The minimum atomic E-state index is -0.353. The first-order valence-electron chi connectivity index (χ1n) is 6.67. The van der Waals surface area contributed by atoms with Crippen LogP contribution in [0.1, 0.15) is 12.5 Å². The van der Waals surface area contributed by atoms with Gasteiger partial charge in [-0.05, 0) is 19.1 Å². The van der Waals surface area contributed by atoms with Crippen LogP contribution in [0.3, 0.4) is 0 Å². The van der Waals surface area contributed by atoms with Crippen molar-refractivity contribution in [1.82, 2.24) is 4.90 Å². The number of amides is 1. The third-order valence-electron chi connectivity index (χ3n) is 2.88. The summed E-state index contributed by atoms with van der Waals surface area (Å²) >= 11 is 1.14. The van der Waals surface area contributed by atoms with E-state index in [0.29, 0.717) is 17.3 Å². The lowest BCUT2D eigenvalue weighted by Gasteiger charge is -2.10. The number of phenolic OH excluding ortho intramolecular Hbond substituents is 1. The molecule has 22 heavy (non-hydrogen) atoms. The van der Waals surface area contributed by atoms with Crippen LogP contribution in [0.25, 0.3) is 6.08 Å². The summed E-state index contributed by atoms with van der Waals surface area (Å²) in [6, 6.07) is 6.68. The van der Waals surface area contributed by atoms with E-state index in [4.69, 9.17) is 4.74 Å². The van der Waals surface area contributed by atoms with E-state index in [1.807, 2.05) is 0 Å². The number of thioether (sulfide) groups is 1. The molecule has 1 aromatic rings. The summed E-state index contributed by atoms with van der Waals surface area (Å²) in [6.45, 7) is 2.05. The molecule has 2 rings (SSSR count). The summed E-state index contributed by atoms with van der Waals surface area (Å²) in [5.74, 6) is -0.467. The number of carbonyl (C=O) groups is 2. The standard InChI is InChI=1S/C15H16N2O4S/c1-3-21-13(19)9-22-15-16-11(14(20)17(15)2)8-10-6-4-5-7-12(10)18/h4-8,18H,3,9H2,1-2H3/b11-8+. The highest BCUT2D eigenvalue weighted by molar-refractivity contribution is 8.14. The Hall–Kier alpha value is -2.28. The van der Waals surface area contributed by atoms with Crippen molar-refractivity contribution in [2.75, 3.05) is 19.4 Å². The Bertz CT molecular complexity index is 655. The number of aliphatic imine (C=N–C) groups is 1. The number of hydrogen-bond acceptors (Lipinski definition) is 6. The van der Waals surface area contributed by atoms with Gasteiger partial charge in [0, 0.05) is 12.6 Å². The Labute approximate surface area is 132 Å². The molecule has 1 aliphatic heterocycles. The molecule has 1 heterocycles. The van der Waals surface area contributed by atoms with Crippen LogP contribution in [-0.2, 0) is 14.3 Å². The maximum Gasteiger partial charge on any atom is 0.316 e. The van der Waals surface area contributed by atoms with Crippen LogP contribution in [0, 0.1) is 0 Å². The van der Waals surface area contributed by atoms with Crippen molar-refractivity contribution in [1.29, 1.82) is 0 Å². The lowest BCUT2D eigenvalue weighted by atomic mass is 10.1. The molecule has 1 aromatic carbocycles. The Morgan fingerprint density at radius 3 is 2.86 bits per heavy atom. The maximum atomic E-state index is 12.1. The van der Waals surface area contributed by atoms with Crippen LogP contribution in [0.5, 0.6) is 5.75 Å². The van der Waals surface area contributed by atoms with Crippen molar-refractivity contribution in [3.63, 3.8) is 0 Å². The molecule has 0 atom stereocenters. The minimum absolute atomic E-state index is 0.0771. The molecule has 0 aromatic heterocycles. The molecule has 0 aliphatic carbocycles. The quantitative estimate of drug-likeness (QED) is 0.676. The fourth-order valence-electron chi connectivity index (χ4n) is 1.79. The molecule has 1 N–H and O–H groups in total. The first-order chi connectivity index (χ1) is 10.5. The lowest BCUT2D eigenvalue weighted by molar-refractivity contribution is -0.139. The number of carbonyl (C=O) groups excluding carboxylic acids is 2. The van der Waals surface area contributed by atoms with Gasteiger partial charge in [-0.15, -0.1) is 0 Å². The molecule has 116 valence electrons. The summed E-state index contributed by atoms with van der Waals surface area (Å²) in [6.07, 6.45) is 1.52. The van der Waals surface area contributed by atoms with Crippen LogP contribution in [0.2, 0.25) is 0 Å². The first kappa shape index (κ1) is 16.1. The summed E-state index contributed by atoms with van der Waals surface area (Å²) in [5, 5.41) is 10.2. The fraction of sp³-hybridized carbons (Fsp3) is 0.267. The number of para-hydroxylation sites is 1. The number of ether oxygens (including phenoxy) is 1. The highest BCUT2D eigenvalue weighted by Gasteiger charge is 2.28. The van der Waals surface area contributed by atoms with E-state index in [2.05, 4.69) is 4.99 Å². The van der Waals surface area contributed by atoms with Gasteiger partial charge in [0.2, 0.25) is 0 Å². The van der Waals surface area contributed by atoms with E-state index in [-0.39, 0.29) is 29.1 Å². The average Bonchev–Trinajstić information content (AvgIpc) is 2.76. The molecule has 1 amide bonds. The third-order valence-corrected chi connectivity index (χ3v) is 3.88. The minimum Gasteiger partial charge on any atom is -0.507 e. The zero-order valence-electron chi connectivity index (χ0n) is 12.3. The second kappa shape index (κ2) is 7.13. The highest BCUT2D eigenvalue weighted by atomic mass is 32.2. The smallest absolute Gasteiger partial charge is 0.316 e. The number of nitrogens with zero attached hydrogens (tertiary/aromatic N) is 2. The van der Waals surface area contributed by atoms with Gasteiger partial charge in [-0.2, -0.15) is 0 Å². The van der Waals surface area contributed by atoms with E-state index in [0.717, 1.165) is 11.8 Å². The average molecular weight is 320 g/mol. The van der Waals surface area contributed by atoms with Gasteiger partial charge in [0.15, 0.2) is 5.17 Å². The fourth-order valence-corrected chi connectivity index (χ4v) is 2.56. The molecular formula is C15H16N2O4S. The lowest BCUT2D eigenvalue weighted by Crippen LogP contribution is -2.26. The van der Waals surface area contributed by atoms with Gasteiger partial charge in [-0.1, -0.05) is 30.0 Å². The number of likely N-dealkylation sites (N-methyl/N-ethyl adjacent to an activating group) is 1.